The van der Waals surface area contributed by atoms with Gasteiger partial charge in [0.05, 0.1) is 11.7 Å². The van der Waals surface area contributed by atoms with Crippen molar-refractivity contribution in [2.75, 3.05) is 36.0 Å². The molecule has 0 bridgehead atoms. The number of terminal acetylenes is 1. The predicted octanol–water partition coefficient (Wildman–Crippen LogP) is 6.47. The molecule has 0 amide bonds. The first kappa shape index (κ1) is 32.7. The SMILES string of the molecule is C#C.C[CH-]CN(C)c1nc2cc(C3CCCCN3Cc3cc(Cl)ccc3NSC)nn2cc1C.[CH3-].[Y]. The Labute approximate surface area is 252 Å². The molecule has 1 N–H and O–H groups in total. The van der Waals surface area contributed by atoms with Gasteiger partial charge in [-0.2, -0.15) is 12.0 Å². The largest absolute Gasteiger partial charge is 0.389 e. The summed E-state index contributed by atoms with van der Waals surface area (Å²) in [6, 6.07) is 8.52. The number of aryl methyl sites for hydroxylation is 1. The second kappa shape index (κ2) is 15.8. The average Bonchev–Trinajstić information content (AvgIpc) is 3.25. The van der Waals surface area contributed by atoms with E-state index in [2.05, 4.69) is 79.1 Å². The normalized spacial score (nSPS) is 15.2. The quantitative estimate of drug-likeness (QED) is 0.182. The Morgan fingerprint density at radius 2 is 2.03 bits per heavy atom. The second-order valence-electron chi connectivity index (χ2n) is 8.50. The Kier molecular flexibility index (Phi) is 14.4. The van der Waals surface area contributed by atoms with Gasteiger partial charge < -0.3 is 23.5 Å². The summed E-state index contributed by atoms with van der Waals surface area (Å²) in [7, 11) is 2.08. The Morgan fingerprint density at radius 3 is 2.72 bits per heavy atom. The Balaban J connectivity index is 0.00000158. The van der Waals surface area contributed by atoms with E-state index in [1.807, 2.05) is 16.8 Å². The second-order valence-corrected chi connectivity index (χ2v) is 9.55. The van der Waals surface area contributed by atoms with E-state index in [1.165, 1.54) is 18.4 Å². The molecule has 9 heteroatoms. The number of anilines is 2. The molecule has 2 aromatic heterocycles. The van der Waals surface area contributed by atoms with Crippen molar-refractivity contribution >= 4 is 40.7 Å². The summed E-state index contributed by atoms with van der Waals surface area (Å²) in [5.41, 5.74) is 5.47. The third-order valence-electron chi connectivity index (χ3n) is 6.05. The zero-order valence-electron chi connectivity index (χ0n) is 22.0. The third-order valence-corrected chi connectivity index (χ3v) is 6.71. The predicted molar refractivity (Wildman–Crippen MR) is 153 cm³/mol. The van der Waals surface area contributed by atoms with Gasteiger partial charge in [-0.25, -0.2) is 9.50 Å². The number of hydrogen-bond donors (Lipinski definition) is 1. The molecule has 0 spiro atoms. The number of rotatable bonds is 8. The molecule has 6 nitrogen and oxygen atoms in total. The summed E-state index contributed by atoms with van der Waals surface area (Å²) in [4.78, 5) is 9.64. The minimum absolute atomic E-state index is 0. The van der Waals surface area contributed by atoms with Crippen LogP contribution in [0.2, 0.25) is 5.02 Å². The van der Waals surface area contributed by atoms with Gasteiger partial charge in [-0.15, -0.1) is 19.4 Å². The van der Waals surface area contributed by atoms with Crippen molar-refractivity contribution in [1.82, 2.24) is 19.5 Å². The molecule has 1 fully saturated rings. The van der Waals surface area contributed by atoms with Gasteiger partial charge in [-0.3, -0.25) is 4.90 Å². The van der Waals surface area contributed by atoms with Gasteiger partial charge >= 0.3 is 0 Å². The Hall–Kier alpha value is -1.30. The van der Waals surface area contributed by atoms with Gasteiger partial charge in [0.1, 0.15) is 5.82 Å². The van der Waals surface area contributed by atoms with E-state index >= 15 is 0 Å². The summed E-state index contributed by atoms with van der Waals surface area (Å²) in [6.45, 7) is 6.93. The van der Waals surface area contributed by atoms with E-state index in [0.29, 0.717) is 0 Å². The molecule has 1 aromatic carbocycles. The molecule has 4 rings (SSSR count). The van der Waals surface area contributed by atoms with Crippen LogP contribution in [0.4, 0.5) is 11.5 Å². The average molecular weight is 602 g/mol. The molecule has 1 aliphatic heterocycles. The number of piperidine rings is 1. The molecule has 1 radical (unpaired) electrons. The first-order chi connectivity index (χ1) is 16.5. The fraction of sp³-hybridized carbons (Fsp3) is 0.407. The maximum atomic E-state index is 6.34. The number of likely N-dealkylation sites (tertiary alicyclic amines) is 1. The van der Waals surface area contributed by atoms with Gasteiger partial charge in [0, 0.05) is 81.1 Å². The minimum atomic E-state index is 0. The minimum Gasteiger partial charge on any atom is -0.389 e. The number of aromatic nitrogens is 3. The van der Waals surface area contributed by atoms with Crippen LogP contribution in [0, 0.1) is 33.6 Å². The molecule has 1 saturated heterocycles. The number of hydrogen-bond acceptors (Lipinski definition) is 6. The summed E-state index contributed by atoms with van der Waals surface area (Å²) < 4.78 is 5.33. The van der Waals surface area contributed by atoms with Gasteiger partial charge in [0.2, 0.25) is 0 Å². The molecule has 1 atom stereocenters. The van der Waals surface area contributed by atoms with E-state index in [4.69, 9.17) is 21.7 Å². The maximum Gasteiger partial charge on any atom is 0.157 e. The smallest absolute Gasteiger partial charge is 0.157 e. The van der Waals surface area contributed by atoms with Crippen LogP contribution < -0.4 is 9.62 Å². The van der Waals surface area contributed by atoms with Gasteiger partial charge in [-0.1, -0.05) is 30.0 Å². The molecule has 3 aromatic rings. The van der Waals surface area contributed by atoms with E-state index in [0.717, 1.165) is 59.5 Å². The number of nitrogens with one attached hydrogen (secondary N) is 1. The standard InChI is InChI=1S/C24H32ClN6S.C2H2.CH3.Y/c1-5-11-29(3)24-17(2)15-31-23(26-24)14-21(27-31)22-8-6-7-12-30(22)16-18-13-19(25)9-10-20(18)28-32-4;1-2;;/h5,9-10,13-15,22,28H,6-8,11-12,16H2,1-4H3;1-2H;1H3;/q-1;;-1;. The van der Waals surface area contributed by atoms with Crippen LogP contribution in [0.1, 0.15) is 49.0 Å². The van der Waals surface area contributed by atoms with Crippen LogP contribution in [0.5, 0.6) is 0 Å². The van der Waals surface area contributed by atoms with Crippen molar-refractivity contribution in [3.8, 4) is 12.8 Å². The third kappa shape index (κ3) is 7.85. The van der Waals surface area contributed by atoms with E-state index in [9.17, 15) is 0 Å². The molecule has 1 aliphatic rings. The van der Waals surface area contributed by atoms with E-state index < -0.39 is 0 Å². The van der Waals surface area contributed by atoms with Crippen LogP contribution in [0.15, 0.2) is 30.5 Å². The molecule has 1 unspecified atom stereocenters. The topological polar surface area (TPSA) is 48.7 Å². The summed E-state index contributed by atoms with van der Waals surface area (Å²) in [5, 5.41) is 5.72. The number of halogens is 1. The molecule has 36 heavy (non-hydrogen) atoms. The number of nitrogens with zero attached hydrogens (tertiary/aromatic N) is 5. The fourth-order valence-electron chi connectivity index (χ4n) is 4.57. The molecule has 3 heterocycles. The first-order valence-electron chi connectivity index (χ1n) is 11.5. The monoisotopic (exact) mass is 601 g/mol. The summed E-state index contributed by atoms with van der Waals surface area (Å²) >= 11 is 7.94. The summed E-state index contributed by atoms with van der Waals surface area (Å²) in [6.07, 6.45) is 17.8. The van der Waals surface area contributed by atoms with Crippen molar-refractivity contribution in [2.24, 2.45) is 0 Å². The van der Waals surface area contributed by atoms with Crippen molar-refractivity contribution in [3.05, 3.63) is 66.2 Å². The van der Waals surface area contributed by atoms with Crippen LogP contribution >= 0.6 is 23.5 Å². The van der Waals surface area contributed by atoms with E-state index in [1.54, 1.807) is 11.9 Å². The van der Waals surface area contributed by atoms with E-state index in [-0.39, 0.29) is 46.2 Å². The fourth-order valence-corrected chi connectivity index (χ4v) is 5.18. The van der Waals surface area contributed by atoms with Gasteiger partial charge in [-0.05, 0) is 50.1 Å². The van der Waals surface area contributed by atoms with Crippen molar-refractivity contribution in [2.45, 2.75) is 45.7 Å². The van der Waals surface area contributed by atoms with Crippen molar-refractivity contribution in [3.63, 3.8) is 0 Å². The van der Waals surface area contributed by atoms with Crippen molar-refractivity contribution < 1.29 is 32.7 Å². The molecular formula is C27H37ClN6SY-2. The Bertz CT molecular complexity index is 1120. The maximum absolute atomic E-state index is 6.34. The van der Waals surface area contributed by atoms with Gasteiger partial charge in [0.15, 0.2) is 5.65 Å². The van der Waals surface area contributed by atoms with Crippen molar-refractivity contribution in [1.29, 1.82) is 0 Å². The van der Waals surface area contributed by atoms with Crippen LogP contribution in [0.25, 0.3) is 5.65 Å². The number of benzene rings is 1. The molecule has 0 aliphatic carbocycles. The number of fused-ring (bicyclic) bond motifs is 1. The molecule has 193 valence electrons. The van der Waals surface area contributed by atoms with Crippen LogP contribution in [-0.4, -0.2) is 45.9 Å². The van der Waals surface area contributed by atoms with Gasteiger partial charge in [0.25, 0.3) is 0 Å². The zero-order valence-corrected chi connectivity index (χ0v) is 26.4. The van der Waals surface area contributed by atoms with Crippen LogP contribution in [-0.2, 0) is 39.3 Å². The first-order valence-corrected chi connectivity index (χ1v) is 13.1. The summed E-state index contributed by atoms with van der Waals surface area (Å²) in [5.74, 6) is 1.01. The molecular weight excluding hydrogens is 565 g/mol. The molecule has 0 saturated carbocycles. The van der Waals surface area contributed by atoms with Crippen LogP contribution in [0.3, 0.4) is 0 Å². The Morgan fingerprint density at radius 1 is 1.28 bits per heavy atom. The zero-order chi connectivity index (χ0) is 24.7.